The number of nitro groups is 1. The Morgan fingerprint density at radius 1 is 1.35 bits per heavy atom. The van der Waals surface area contributed by atoms with Crippen molar-refractivity contribution in [2.75, 3.05) is 25.5 Å². The van der Waals surface area contributed by atoms with E-state index >= 15 is 0 Å². The van der Waals surface area contributed by atoms with Crippen LogP contribution in [0.4, 0.5) is 16.2 Å². The highest BCUT2D eigenvalue weighted by Crippen LogP contribution is 2.25. The maximum absolute atomic E-state index is 11.4. The number of urea groups is 1. The number of hydrogen-bond donors (Lipinski definition) is 4. The molecular formula is C11H15N5O4. The van der Waals surface area contributed by atoms with E-state index in [0.717, 1.165) is 0 Å². The predicted octanol–water partition coefficient (Wildman–Crippen LogP) is 0.0346. The molecule has 5 N–H and O–H groups in total. The van der Waals surface area contributed by atoms with E-state index in [-0.39, 0.29) is 30.0 Å². The van der Waals surface area contributed by atoms with E-state index < -0.39 is 16.9 Å². The summed E-state index contributed by atoms with van der Waals surface area (Å²) in [5.74, 6) is -0.407. The second-order valence-corrected chi connectivity index (χ2v) is 3.79. The Balaban J connectivity index is 2.82. The fourth-order valence-electron chi connectivity index (χ4n) is 1.50. The number of carbonyl (C=O) groups is 2. The molecule has 3 amide bonds. The first kappa shape index (κ1) is 15.2. The fourth-order valence-corrected chi connectivity index (χ4v) is 1.50. The molecule has 9 nitrogen and oxygen atoms in total. The van der Waals surface area contributed by atoms with Crippen molar-refractivity contribution in [1.29, 1.82) is 0 Å². The fraction of sp³-hybridized carbons (Fsp3) is 0.273. The molecule has 0 fully saturated rings. The zero-order chi connectivity index (χ0) is 15.1. The van der Waals surface area contributed by atoms with Crippen molar-refractivity contribution < 1.29 is 14.5 Å². The lowest BCUT2D eigenvalue weighted by Gasteiger charge is -2.08. The van der Waals surface area contributed by atoms with Crippen LogP contribution in [0.1, 0.15) is 10.4 Å². The minimum Gasteiger partial charge on any atom is -0.378 e. The summed E-state index contributed by atoms with van der Waals surface area (Å²) in [6, 6.07) is 3.42. The molecule has 0 heterocycles. The molecule has 0 aromatic heterocycles. The molecule has 0 saturated carbocycles. The average Bonchev–Trinajstić information content (AvgIpc) is 2.42. The van der Waals surface area contributed by atoms with E-state index in [1.165, 1.54) is 25.2 Å². The standard InChI is InChI=1S/C11H15N5O4/c1-13-10(17)7-2-3-8(9(6-7)16(19)20)14-4-5-15-11(12)18/h2-3,6,14H,4-5H2,1H3,(H,13,17)(H3,12,15,18). The van der Waals surface area contributed by atoms with Gasteiger partial charge in [0.05, 0.1) is 4.92 Å². The van der Waals surface area contributed by atoms with Gasteiger partial charge >= 0.3 is 6.03 Å². The zero-order valence-corrected chi connectivity index (χ0v) is 10.8. The predicted molar refractivity (Wildman–Crippen MR) is 72.6 cm³/mol. The van der Waals surface area contributed by atoms with Crippen LogP contribution in [0.15, 0.2) is 18.2 Å². The molecule has 0 bridgehead atoms. The number of amides is 3. The molecule has 1 aromatic rings. The van der Waals surface area contributed by atoms with Crippen molar-refractivity contribution >= 4 is 23.3 Å². The molecule has 0 radical (unpaired) electrons. The van der Waals surface area contributed by atoms with Crippen molar-refractivity contribution in [3.05, 3.63) is 33.9 Å². The maximum Gasteiger partial charge on any atom is 0.312 e. The van der Waals surface area contributed by atoms with Crippen LogP contribution in [0.3, 0.4) is 0 Å². The Morgan fingerprint density at radius 3 is 2.60 bits per heavy atom. The molecule has 0 spiro atoms. The Kier molecular flexibility index (Phi) is 5.27. The number of nitrogens with zero attached hydrogens (tertiary/aromatic N) is 1. The van der Waals surface area contributed by atoms with Crippen LogP contribution in [-0.4, -0.2) is 37.0 Å². The van der Waals surface area contributed by atoms with Crippen molar-refractivity contribution in [3.8, 4) is 0 Å². The van der Waals surface area contributed by atoms with Crippen molar-refractivity contribution in [2.24, 2.45) is 5.73 Å². The van der Waals surface area contributed by atoms with Gasteiger partial charge in [-0.05, 0) is 12.1 Å². The number of primary amides is 1. The quantitative estimate of drug-likeness (QED) is 0.331. The molecule has 108 valence electrons. The molecule has 0 unspecified atom stereocenters. The van der Waals surface area contributed by atoms with Gasteiger partial charge in [-0.3, -0.25) is 14.9 Å². The van der Waals surface area contributed by atoms with Gasteiger partial charge in [0.25, 0.3) is 11.6 Å². The van der Waals surface area contributed by atoms with Crippen LogP contribution in [0.25, 0.3) is 0 Å². The summed E-state index contributed by atoms with van der Waals surface area (Å²) in [7, 11) is 1.44. The lowest BCUT2D eigenvalue weighted by atomic mass is 10.1. The number of anilines is 1. The second kappa shape index (κ2) is 6.92. The van der Waals surface area contributed by atoms with Crippen LogP contribution >= 0.6 is 0 Å². The van der Waals surface area contributed by atoms with Gasteiger partial charge in [0.15, 0.2) is 0 Å². The lowest BCUT2D eigenvalue weighted by Crippen LogP contribution is -2.33. The summed E-state index contributed by atoms with van der Waals surface area (Å²) >= 11 is 0. The van der Waals surface area contributed by atoms with Gasteiger partial charge in [0.1, 0.15) is 5.69 Å². The van der Waals surface area contributed by atoms with Gasteiger partial charge in [-0.25, -0.2) is 4.79 Å². The van der Waals surface area contributed by atoms with Crippen molar-refractivity contribution in [1.82, 2.24) is 10.6 Å². The smallest absolute Gasteiger partial charge is 0.312 e. The number of rotatable bonds is 6. The largest absolute Gasteiger partial charge is 0.378 e. The molecule has 9 heteroatoms. The monoisotopic (exact) mass is 281 g/mol. The summed E-state index contributed by atoms with van der Waals surface area (Å²) < 4.78 is 0. The van der Waals surface area contributed by atoms with E-state index in [2.05, 4.69) is 16.0 Å². The summed E-state index contributed by atoms with van der Waals surface area (Å²) in [5.41, 5.74) is 5.12. The maximum atomic E-state index is 11.4. The third kappa shape index (κ3) is 4.12. The Morgan fingerprint density at radius 2 is 2.05 bits per heavy atom. The topological polar surface area (TPSA) is 139 Å². The Labute approximate surface area is 114 Å². The van der Waals surface area contributed by atoms with E-state index in [4.69, 9.17) is 5.73 Å². The highest BCUT2D eigenvalue weighted by molar-refractivity contribution is 5.95. The van der Waals surface area contributed by atoms with Crippen LogP contribution in [0.2, 0.25) is 0 Å². The molecule has 0 aliphatic carbocycles. The minimum absolute atomic E-state index is 0.194. The first-order valence-corrected chi connectivity index (χ1v) is 5.73. The molecule has 1 rings (SSSR count). The number of nitrogens with one attached hydrogen (secondary N) is 3. The first-order chi connectivity index (χ1) is 9.45. The van der Waals surface area contributed by atoms with Gasteiger partial charge in [-0.2, -0.15) is 0 Å². The summed E-state index contributed by atoms with van der Waals surface area (Å²) in [5, 5.41) is 18.5. The molecule has 0 atom stereocenters. The van der Waals surface area contributed by atoms with Crippen LogP contribution in [0.5, 0.6) is 0 Å². The SMILES string of the molecule is CNC(=O)c1ccc(NCCNC(N)=O)c([N+](=O)[O-])c1. The third-order valence-electron chi connectivity index (χ3n) is 2.42. The lowest BCUT2D eigenvalue weighted by molar-refractivity contribution is -0.384. The van der Waals surface area contributed by atoms with Crippen LogP contribution in [-0.2, 0) is 0 Å². The van der Waals surface area contributed by atoms with E-state index in [1.54, 1.807) is 0 Å². The highest BCUT2D eigenvalue weighted by atomic mass is 16.6. The summed E-state index contributed by atoms with van der Waals surface area (Å²) in [6.07, 6.45) is 0. The van der Waals surface area contributed by atoms with E-state index in [1.807, 2.05) is 0 Å². The van der Waals surface area contributed by atoms with Gasteiger partial charge in [-0.15, -0.1) is 0 Å². The van der Waals surface area contributed by atoms with Gasteiger partial charge in [0.2, 0.25) is 0 Å². The molecule has 1 aromatic carbocycles. The first-order valence-electron chi connectivity index (χ1n) is 5.73. The number of carbonyl (C=O) groups excluding carboxylic acids is 2. The Hall–Kier alpha value is -2.84. The minimum atomic E-state index is -0.670. The number of nitrogens with two attached hydrogens (primary N) is 1. The summed E-state index contributed by atoms with van der Waals surface area (Å²) in [6.45, 7) is 0.493. The van der Waals surface area contributed by atoms with E-state index in [9.17, 15) is 19.7 Å². The second-order valence-electron chi connectivity index (χ2n) is 3.79. The van der Waals surface area contributed by atoms with Crippen molar-refractivity contribution in [3.63, 3.8) is 0 Å². The van der Waals surface area contributed by atoms with Crippen LogP contribution < -0.4 is 21.7 Å². The zero-order valence-electron chi connectivity index (χ0n) is 10.8. The third-order valence-corrected chi connectivity index (χ3v) is 2.42. The molecule has 0 saturated heterocycles. The number of nitro benzene ring substituents is 1. The van der Waals surface area contributed by atoms with E-state index in [0.29, 0.717) is 0 Å². The number of benzene rings is 1. The van der Waals surface area contributed by atoms with Crippen LogP contribution in [0, 0.1) is 10.1 Å². The Bertz CT molecular complexity index is 532. The van der Waals surface area contributed by atoms with Crippen molar-refractivity contribution in [2.45, 2.75) is 0 Å². The van der Waals surface area contributed by atoms with Gasteiger partial charge in [-0.1, -0.05) is 0 Å². The normalized spacial score (nSPS) is 9.65. The molecular weight excluding hydrogens is 266 g/mol. The molecule has 20 heavy (non-hydrogen) atoms. The van der Waals surface area contributed by atoms with Gasteiger partial charge < -0.3 is 21.7 Å². The highest BCUT2D eigenvalue weighted by Gasteiger charge is 2.16. The molecule has 0 aliphatic rings. The summed E-state index contributed by atoms with van der Waals surface area (Å²) in [4.78, 5) is 32.3. The number of hydrogen-bond acceptors (Lipinski definition) is 5. The van der Waals surface area contributed by atoms with Gasteiger partial charge in [0, 0.05) is 31.8 Å². The average molecular weight is 281 g/mol. The molecule has 0 aliphatic heterocycles.